The standard InChI is InChI=1S/C22H23ClN4O2/c23-15-10-11-19-18(12-15)22(25-16-6-4-5-7-16)27-20(26-19)13-24-21(28)14-29-17-8-2-1-3-9-17/h1-3,8-12,16H,4-7,13-14H2,(H,24,28)(H,25,26,27). The highest BCUT2D eigenvalue weighted by molar-refractivity contribution is 6.31. The van der Waals surface area contributed by atoms with Crippen LogP contribution < -0.4 is 15.4 Å². The van der Waals surface area contributed by atoms with E-state index in [-0.39, 0.29) is 19.1 Å². The fourth-order valence-corrected chi connectivity index (χ4v) is 3.67. The van der Waals surface area contributed by atoms with Crippen molar-refractivity contribution >= 4 is 34.2 Å². The Balaban J connectivity index is 1.45. The molecule has 1 amide bonds. The molecule has 6 nitrogen and oxygen atoms in total. The summed E-state index contributed by atoms with van der Waals surface area (Å²) in [7, 11) is 0. The number of hydrogen-bond donors (Lipinski definition) is 2. The zero-order chi connectivity index (χ0) is 20.1. The number of carbonyl (C=O) groups is 1. The molecular weight excluding hydrogens is 388 g/mol. The Morgan fingerprint density at radius 3 is 2.69 bits per heavy atom. The van der Waals surface area contributed by atoms with E-state index in [2.05, 4.69) is 20.6 Å². The number of anilines is 1. The van der Waals surface area contributed by atoms with Crippen molar-refractivity contribution in [2.24, 2.45) is 0 Å². The van der Waals surface area contributed by atoms with Crippen LogP contribution in [0.5, 0.6) is 5.75 Å². The highest BCUT2D eigenvalue weighted by atomic mass is 35.5. The van der Waals surface area contributed by atoms with Gasteiger partial charge in [-0.25, -0.2) is 9.97 Å². The number of fused-ring (bicyclic) bond motifs is 1. The van der Waals surface area contributed by atoms with Crippen LogP contribution in [0.3, 0.4) is 0 Å². The predicted molar refractivity (Wildman–Crippen MR) is 114 cm³/mol. The van der Waals surface area contributed by atoms with Crippen LogP contribution in [0.2, 0.25) is 5.02 Å². The topological polar surface area (TPSA) is 76.1 Å². The normalized spacial score (nSPS) is 14.1. The molecule has 1 heterocycles. The molecule has 4 rings (SSSR count). The summed E-state index contributed by atoms with van der Waals surface area (Å²) < 4.78 is 5.47. The fourth-order valence-electron chi connectivity index (χ4n) is 3.50. The van der Waals surface area contributed by atoms with Gasteiger partial charge in [-0.05, 0) is 43.2 Å². The molecule has 1 aliphatic carbocycles. The smallest absolute Gasteiger partial charge is 0.258 e. The van der Waals surface area contributed by atoms with Crippen molar-refractivity contribution in [1.82, 2.24) is 15.3 Å². The van der Waals surface area contributed by atoms with Gasteiger partial charge < -0.3 is 15.4 Å². The van der Waals surface area contributed by atoms with Crippen molar-refractivity contribution in [1.29, 1.82) is 0 Å². The van der Waals surface area contributed by atoms with Gasteiger partial charge in [-0.1, -0.05) is 42.6 Å². The first-order valence-corrected chi connectivity index (χ1v) is 10.2. The molecular formula is C22H23ClN4O2. The number of carbonyl (C=O) groups excluding carboxylic acids is 1. The number of nitrogens with one attached hydrogen (secondary N) is 2. The van der Waals surface area contributed by atoms with Crippen LogP contribution in [0.15, 0.2) is 48.5 Å². The zero-order valence-corrected chi connectivity index (χ0v) is 16.8. The minimum Gasteiger partial charge on any atom is -0.484 e. The van der Waals surface area contributed by atoms with Gasteiger partial charge in [0.15, 0.2) is 12.4 Å². The van der Waals surface area contributed by atoms with Gasteiger partial charge in [0.05, 0.1) is 12.1 Å². The number of ether oxygens (including phenoxy) is 1. The third-order valence-corrected chi connectivity index (χ3v) is 5.19. The SMILES string of the molecule is O=C(COc1ccccc1)NCc1nc(NC2CCCC2)c2cc(Cl)ccc2n1. The molecule has 2 aromatic carbocycles. The van der Waals surface area contributed by atoms with Gasteiger partial charge in [-0.2, -0.15) is 0 Å². The van der Waals surface area contributed by atoms with Crippen molar-refractivity contribution in [3.8, 4) is 5.75 Å². The van der Waals surface area contributed by atoms with Gasteiger partial charge in [0, 0.05) is 16.5 Å². The second kappa shape index (κ2) is 9.09. The van der Waals surface area contributed by atoms with Gasteiger partial charge in [-0.3, -0.25) is 4.79 Å². The van der Waals surface area contributed by atoms with Crippen molar-refractivity contribution in [2.75, 3.05) is 11.9 Å². The molecule has 0 atom stereocenters. The second-order valence-corrected chi connectivity index (χ2v) is 7.59. The first-order chi connectivity index (χ1) is 14.2. The van der Waals surface area contributed by atoms with Crippen LogP contribution in [0.1, 0.15) is 31.5 Å². The summed E-state index contributed by atoms with van der Waals surface area (Å²) in [6, 6.07) is 15.2. The molecule has 7 heteroatoms. The van der Waals surface area contributed by atoms with E-state index in [0.29, 0.717) is 22.6 Å². The molecule has 3 aromatic rings. The minimum absolute atomic E-state index is 0.0552. The Bertz CT molecular complexity index is 991. The number of hydrogen-bond acceptors (Lipinski definition) is 5. The van der Waals surface area contributed by atoms with Gasteiger partial charge in [0.1, 0.15) is 11.6 Å². The van der Waals surface area contributed by atoms with E-state index in [1.807, 2.05) is 48.5 Å². The van der Waals surface area contributed by atoms with Crippen LogP contribution in [0.25, 0.3) is 10.9 Å². The molecule has 0 saturated heterocycles. The first-order valence-electron chi connectivity index (χ1n) is 9.84. The molecule has 29 heavy (non-hydrogen) atoms. The average Bonchev–Trinajstić information content (AvgIpc) is 3.25. The van der Waals surface area contributed by atoms with E-state index in [0.717, 1.165) is 29.6 Å². The molecule has 0 unspecified atom stereocenters. The maximum atomic E-state index is 12.1. The lowest BCUT2D eigenvalue weighted by Crippen LogP contribution is -2.29. The van der Waals surface area contributed by atoms with E-state index in [4.69, 9.17) is 16.3 Å². The van der Waals surface area contributed by atoms with Gasteiger partial charge in [-0.15, -0.1) is 0 Å². The first kappa shape index (κ1) is 19.5. The summed E-state index contributed by atoms with van der Waals surface area (Å²) in [4.78, 5) is 21.4. The summed E-state index contributed by atoms with van der Waals surface area (Å²) in [5.41, 5.74) is 0.801. The van der Waals surface area contributed by atoms with Gasteiger partial charge >= 0.3 is 0 Å². The maximum absolute atomic E-state index is 12.1. The summed E-state index contributed by atoms with van der Waals surface area (Å²) in [6.07, 6.45) is 4.72. The molecule has 1 saturated carbocycles. The predicted octanol–water partition coefficient (Wildman–Crippen LogP) is 4.33. The largest absolute Gasteiger partial charge is 0.484 e. The van der Waals surface area contributed by atoms with Crippen LogP contribution in [-0.4, -0.2) is 28.5 Å². The van der Waals surface area contributed by atoms with E-state index in [1.54, 1.807) is 0 Å². The van der Waals surface area contributed by atoms with Crippen LogP contribution >= 0.6 is 11.6 Å². The number of nitrogens with zero attached hydrogens (tertiary/aromatic N) is 2. The molecule has 0 aliphatic heterocycles. The molecule has 0 spiro atoms. The zero-order valence-electron chi connectivity index (χ0n) is 16.0. The third-order valence-electron chi connectivity index (χ3n) is 4.96. The number of rotatable bonds is 7. The highest BCUT2D eigenvalue weighted by Crippen LogP contribution is 2.28. The van der Waals surface area contributed by atoms with Crippen molar-refractivity contribution in [3.05, 3.63) is 59.4 Å². The van der Waals surface area contributed by atoms with Gasteiger partial charge in [0.25, 0.3) is 5.91 Å². The number of amides is 1. The number of benzene rings is 2. The van der Waals surface area contributed by atoms with Crippen molar-refractivity contribution < 1.29 is 9.53 Å². The molecule has 150 valence electrons. The maximum Gasteiger partial charge on any atom is 0.258 e. The van der Waals surface area contributed by atoms with E-state index in [1.165, 1.54) is 12.8 Å². The highest BCUT2D eigenvalue weighted by Gasteiger charge is 2.17. The van der Waals surface area contributed by atoms with Gasteiger partial charge in [0.2, 0.25) is 0 Å². The van der Waals surface area contributed by atoms with E-state index < -0.39 is 0 Å². The average molecular weight is 411 g/mol. The van der Waals surface area contributed by atoms with E-state index >= 15 is 0 Å². The molecule has 0 radical (unpaired) electrons. The third kappa shape index (κ3) is 5.15. The van der Waals surface area contributed by atoms with Crippen molar-refractivity contribution in [3.63, 3.8) is 0 Å². The fraction of sp³-hybridized carbons (Fsp3) is 0.318. The Morgan fingerprint density at radius 1 is 1.10 bits per heavy atom. The Morgan fingerprint density at radius 2 is 1.90 bits per heavy atom. The summed E-state index contributed by atoms with van der Waals surface area (Å²) in [5.74, 6) is 1.76. The van der Waals surface area contributed by atoms with Crippen LogP contribution in [0, 0.1) is 0 Å². The molecule has 0 bridgehead atoms. The lowest BCUT2D eigenvalue weighted by atomic mass is 10.2. The Kier molecular flexibility index (Phi) is 6.10. The second-order valence-electron chi connectivity index (χ2n) is 7.15. The Hall–Kier alpha value is -2.86. The lowest BCUT2D eigenvalue weighted by Gasteiger charge is -2.16. The summed E-state index contributed by atoms with van der Waals surface area (Å²) in [5, 5.41) is 7.91. The Labute approximate surface area is 174 Å². The van der Waals surface area contributed by atoms with Crippen molar-refractivity contribution in [2.45, 2.75) is 38.3 Å². The minimum atomic E-state index is -0.223. The van der Waals surface area contributed by atoms with Crippen LogP contribution in [0.4, 0.5) is 5.82 Å². The summed E-state index contributed by atoms with van der Waals surface area (Å²) >= 11 is 6.18. The van der Waals surface area contributed by atoms with E-state index in [9.17, 15) is 4.79 Å². The molecule has 1 aliphatic rings. The summed E-state index contributed by atoms with van der Waals surface area (Å²) in [6.45, 7) is 0.176. The number of para-hydroxylation sites is 1. The number of aromatic nitrogens is 2. The quantitative estimate of drug-likeness (QED) is 0.606. The monoisotopic (exact) mass is 410 g/mol. The molecule has 2 N–H and O–H groups in total. The molecule has 1 fully saturated rings. The lowest BCUT2D eigenvalue weighted by molar-refractivity contribution is -0.123. The molecule has 1 aromatic heterocycles. The number of halogens is 1. The van der Waals surface area contributed by atoms with Crippen LogP contribution in [-0.2, 0) is 11.3 Å².